The first-order valence-electron chi connectivity index (χ1n) is 10.3. The highest BCUT2D eigenvalue weighted by Crippen LogP contribution is 2.66. The summed E-state index contributed by atoms with van der Waals surface area (Å²) < 4.78 is 0. The van der Waals surface area contributed by atoms with Crippen molar-refractivity contribution in [2.75, 3.05) is 6.16 Å². The Hall–Kier alpha value is -0.350. The number of rotatable bonds is 1. The van der Waals surface area contributed by atoms with Crippen molar-refractivity contribution in [2.24, 2.45) is 17.3 Å². The quantitative estimate of drug-likeness (QED) is 0.497. The van der Waals surface area contributed by atoms with E-state index in [2.05, 4.69) is 80.5 Å². The van der Waals surface area contributed by atoms with Gasteiger partial charge < -0.3 is 0 Å². The lowest BCUT2D eigenvalue weighted by molar-refractivity contribution is 0.356. The molecule has 1 heteroatoms. The molecule has 1 aliphatic heterocycles. The van der Waals surface area contributed by atoms with Gasteiger partial charge in [-0.1, -0.05) is 68.4 Å². The van der Waals surface area contributed by atoms with E-state index in [4.69, 9.17) is 0 Å². The molecule has 1 saturated carbocycles. The van der Waals surface area contributed by atoms with Gasteiger partial charge in [0.05, 0.1) is 17.1 Å². The fourth-order valence-electron chi connectivity index (χ4n) is 5.39. The first kappa shape index (κ1) is 19.4. The predicted octanol–water partition coefficient (Wildman–Crippen LogP) is 6.58. The molecule has 1 aromatic carbocycles. The summed E-state index contributed by atoms with van der Waals surface area (Å²) in [5.41, 5.74) is 5.05. The van der Waals surface area contributed by atoms with Gasteiger partial charge >= 0.3 is 0 Å². The third-order valence-corrected chi connectivity index (χ3v) is 11.2. The SMILES string of the molecule is C[C@H]1C[PH+](c2cc(C(C)(C)C)cc(C(C)(C)C)c2)[C@H]2[C@@H]1CCC2(C)C. The van der Waals surface area contributed by atoms with Crippen molar-refractivity contribution in [3.63, 3.8) is 0 Å². The van der Waals surface area contributed by atoms with Crippen LogP contribution in [0.3, 0.4) is 0 Å². The second-order valence-electron chi connectivity index (χ2n) is 11.7. The van der Waals surface area contributed by atoms with Crippen molar-refractivity contribution < 1.29 is 0 Å². The summed E-state index contributed by atoms with van der Waals surface area (Å²) in [5, 5.41) is 1.73. The van der Waals surface area contributed by atoms with Crippen LogP contribution in [0.4, 0.5) is 0 Å². The lowest BCUT2D eigenvalue weighted by Crippen LogP contribution is -2.28. The van der Waals surface area contributed by atoms with E-state index in [0.29, 0.717) is 5.41 Å². The maximum absolute atomic E-state index is 2.60. The molecular formula is C24H40P+. The summed E-state index contributed by atoms with van der Waals surface area (Å²) in [7, 11) is -0.483. The third-order valence-electron chi connectivity index (χ3n) is 7.08. The Morgan fingerprint density at radius 1 is 0.920 bits per heavy atom. The number of benzene rings is 1. The second kappa shape index (κ2) is 6.09. The van der Waals surface area contributed by atoms with Crippen LogP contribution in [0.25, 0.3) is 0 Å². The summed E-state index contributed by atoms with van der Waals surface area (Å²) in [4.78, 5) is 0. The van der Waals surface area contributed by atoms with Gasteiger partial charge in [-0.25, -0.2) is 0 Å². The van der Waals surface area contributed by atoms with Crippen LogP contribution in [0.5, 0.6) is 0 Å². The third kappa shape index (κ3) is 3.58. The largest absolute Gasteiger partial charge is 0.0923 e. The van der Waals surface area contributed by atoms with Crippen LogP contribution in [-0.2, 0) is 10.8 Å². The van der Waals surface area contributed by atoms with E-state index in [1.165, 1.54) is 19.0 Å². The highest BCUT2D eigenvalue weighted by atomic mass is 31.1. The molecule has 140 valence electrons. The first-order valence-corrected chi connectivity index (χ1v) is 12.1. The van der Waals surface area contributed by atoms with Crippen molar-refractivity contribution in [3.05, 3.63) is 29.3 Å². The highest BCUT2D eigenvalue weighted by molar-refractivity contribution is 7.66. The molecule has 0 spiro atoms. The van der Waals surface area contributed by atoms with Crippen LogP contribution in [-0.4, -0.2) is 11.8 Å². The van der Waals surface area contributed by atoms with Gasteiger partial charge in [-0.15, -0.1) is 0 Å². The fraction of sp³-hybridized carbons (Fsp3) is 0.750. The molecule has 1 unspecified atom stereocenters. The summed E-state index contributed by atoms with van der Waals surface area (Å²) in [5.74, 6) is 1.91. The lowest BCUT2D eigenvalue weighted by Gasteiger charge is -2.29. The Balaban J connectivity index is 2.10. The van der Waals surface area contributed by atoms with Crippen molar-refractivity contribution >= 4 is 13.2 Å². The van der Waals surface area contributed by atoms with E-state index < -0.39 is 7.92 Å². The van der Waals surface area contributed by atoms with Crippen LogP contribution in [0.1, 0.15) is 86.3 Å². The molecule has 25 heavy (non-hydrogen) atoms. The van der Waals surface area contributed by atoms with E-state index in [1.807, 2.05) is 0 Å². The second-order valence-corrected chi connectivity index (χ2v) is 14.3. The van der Waals surface area contributed by atoms with Gasteiger partial charge in [-0.2, -0.15) is 0 Å². The van der Waals surface area contributed by atoms with E-state index >= 15 is 0 Å². The van der Waals surface area contributed by atoms with E-state index in [9.17, 15) is 0 Å². The van der Waals surface area contributed by atoms with Gasteiger partial charge in [0.15, 0.2) is 0 Å². The fourth-order valence-corrected chi connectivity index (χ4v) is 10.0. The zero-order valence-electron chi connectivity index (χ0n) is 18.1. The Morgan fingerprint density at radius 3 is 1.92 bits per heavy atom. The van der Waals surface area contributed by atoms with Gasteiger partial charge in [0.1, 0.15) is 0 Å². The van der Waals surface area contributed by atoms with E-state index in [1.54, 1.807) is 16.4 Å². The lowest BCUT2D eigenvalue weighted by atomic mass is 9.81. The molecule has 3 rings (SSSR count). The van der Waals surface area contributed by atoms with E-state index in [-0.39, 0.29) is 10.8 Å². The Bertz CT molecular complexity index is 609. The topological polar surface area (TPSA) is 0 Å². The molecule has 4 atom stereocenters. The molecule has 1 heterocycles. The van der Waals surface area contributed by atoms with Gasteiger partial charge in [0.25, 0.3) is 0 Å². The molecule has 2 aliphatic rings. The maximum atomic E-state index is 2.60. The summed E-state index contributed by atoms with van der Waals surface area (Å²) >= 11 is 0. The van der Waals surface area contributed by atoms with Crippen LogP contribution in [0, 0.1) is 17.3 Å². The minimum absolute atomic E-state index is 0.229. The summed E-state index contributed by atoms with van der Waals surface area (Å²) in [6, 6.07) is 7.70. The molecule has 1 aromatic rings. The van der Waals surface area contributed by atoms with Gasteiger partial charge in [0, 0.05) is 19.3 Å². The van der Waals surface area contributed by atoms with Crippen molar-refractivity contribution in [1.82, 2.24) is 0 Å². The summed E-state index contributed by atoms with van der Waals surface area (Å²) in [6.45, 7) is 21.9. The van der Waals surface area contributed by atoms with Gasteiger partial charge in [-0.3, -0.25) is 0 Å². The molecule has 0 nitrogen and oxygen atoms in total. The molecule has 0 bridgehead atoms. The molecule has 1 aliphatic carbocycles. The van der Waals surface area contributed by atoms with Gasteiger partial charge in [-0.05, 0) is 52.8 Å². The Kier molecular flexibility index (Phi) is 4.73. The molecule has 2 fully saturated rings. The average molecular weight is 360 g/mol. The molecule has 0 radical (unpaired) electrons. The Morgan fingerprint density at radius 2 is 1.44 bits per heavy atom. The van der Waals surface area contributed by atoms with E-state index in [0.717, 1.165) is 17.5 Å². The first-order chi connectivity index (χ1) is 11.3. The van der Waals surface area contributed by atoms with Crippen LogP contribution < -0.4 is 5.30 Å². The normalized spacial score (nSPS) is 32.0. The smallest absolute Gasteiger partial charge is 0.0586 e. The molecular weight excluding hydrogens is 319 g/mol. The highest BCUT2D eigenvalue weighted by Gasteiger charge is 2.58. The van der Waals surface area contributed by atoms with Crippen molar-refractivity contribution in [2.45, 2.75) is 91.6 Å². The average Bonchev–Trinajstić information content (AvgIpc) is 2.96. The molecule has 0 amide bonds. The van der Waals surface area contributed by atoms with Crippen LogP contribution in [0.2, 0.25) is 0 Å². The minimum Gasteiger partial charge on any atom is -0.0586 e. The van der Waals surface area contributed by atoms with Crippen molar-refractivity contribution in [3.8, 4) is 0 Å². The molecule has 0 N–H and O–H groups in total. The Labute approximate surface area is 157 Å². The number of fused-ring (bicyclic) bond motifs is 1. The standard InChI is InChI=1S/C24H39P/c1-16-15-25(21-20(16)10-11-24(21,8)9)19-13-17(22(2,3)4)12-18(14-19)23(5,6)7/h12-14,16,20-21H,10-11,15H2,1-9H3/p+1/t16-,20+,21-,25?/m0/s1. The van der Waals surface area contributed by atoms with Crippen LogP contribution in [0.15, 0.2) is 18.2 Å². The zero-order chi connectivity index (χ0) is 18.8. The number of hydrogen-bond acceptors (Lipinski definition) is 0. The molecule has 1 saturated heterocycles. The summed E-state index contributed by atoms with van der Waals surface area (Å²) in [6.07, 6.45) is 4.39. The van der Waals surface area contributed by atoms with Crippen molar-refractivity contribution in [1.29, 1.82) is 0 Å². The molecule has 0 aromatic heterocycles. The minimum atomic E-state index is -0.483. The zero-order valence-corrected chi connectivity index (χ0v) is 19.1. The predicted molar refractivity (Wildman–Crippen MR) is 116 cm³/mol. The monoisotopic (exact) mass is 359 g/mol. The number of hydrogen-bond donors (Lipinski definition) is 0. The van der Waals surface area contributed by atoms with Gasteiger partial charge in [0.2, 0.25) is 0 Å². The van der Waals surface area contributed by atoms with Crippen LogP contribution >= 0.6 is 7.92 Å². The maximum Gasteiger partial charge on any atom is 0.0923 e.